The molecular weight excluding hydrogens is 348 g/mol. The lowest BCUT2D eigenvalue weighted by molar-refractivity contribution is 0.132. The third-order valence-electron chi connectivity index (χ3n) is 3.59. The molecule has 0 fully saturated rings. The Kier molecular flexibility index (Phi) is 20.0. The van der Waals surface area contributed by atoms with E-state index in [4.69, 9.17) is 9.47 Å². The summed E-state index contributed by atoms with van der Waals surface area (Å²) < 4.78 is 10.5. The summed E-state index contributed by atoms with van der Waals surface area (Å²) in [6.45, 7) is 18.2. The summed E-state index contributed by atoms with van der Waals surface area (Å²) in [7, 11) is 1.67. The quantitative estimate of drug-likeness (QED) is 0.275. The van der Waals surface area contributed by atoms with Gasteiger partial charge in [-0.3, -0.25) is 9.98 Å². The van der Waals surface area contributed by atoms with Crippen molar-refractivity contribution in [3.63, 3.8) is 0 Å². The molecule has 0 radical (unpaired) electrons. The van der Waals surface area contributed by atoms with E-state index in [0.717, 1.165) is 42.4 Å². The van der Waals surface area contributed by atoms with E-state index in [0.29, 0.717) is 0 Å². The first-order chi connectivity index (χ1) is 13.3. The van der Waals surface area contributed by atoms with Crippen LogP contribution in [0.2, 0.25) is 0 Å². The predicted octanol–water partition coefficient (Wildman–Crippen LogP) is 6.91. The van der Waals surface area contributed by atoms with Crippen molar-refractivity contribution in [1.82, 2.24) is 4.98 Å². The molecule has 0 saturated carbocycles. The number of unbranched alkanes of at least 4 members (excludes halogenated alkanes) is 1. The van der Waals surface area contributed by atoms with Gasteiger partial charge in [0.15, 0.2) is 0 Å². The highest BCUT2D eigenvalue weighted by atomic mass is 16.5. The maximum atomic E-state index is 5.24. The molecule has 4 nitrogen and oxygen atoms in total. The molecule has 1 aromatic rings. The summed E-state index contributed by atoms with van der Waals surface area (Å²) >= 11 is 0. The molecule has 0 saturated heterocycles. The smallest absolute Gasteiger partial charge is 0.138 e. The molecule has 0 aromatic carbocycles. The zero-order valence-electron chi connectivity index (χ0n) is 19.6. The van der Waals surface area contributed by atoms with Gasteiger partial charge < -0.3 is 9.47 Å². The number of aliphatic imine (C=N–C) groups is 1. The zero-order chi connectivity index (χ0) is 21.8. The van der Waals surface area contributed by atoms with Crippen LogP contribution in [0.1, 0.15) is 73.3 Å². The zero-order valence-corrected chi connectivity index (χ0v) is 19.6. The molecule has 0 atom stereocenters. The predicted molar refractivity (Wildman–Crippen MR) is 123 cm³/mol. The Morgan fingerprint density at radius 3 is 2.00 bits per heavy atom. The van der Waals surface area contributed by atoms with Crippen molar-refractivity contribution >= 4 is 5.71 Å². The number of hydrogen-bond donors (Lipinski definition) is 0. The standard InChI is InChI=1S/C11H19NO.C7H16O.C6H7N/c1-7-9(4)12-10(5)11(13-6)8(2)3;1-3-5-7-8-6-4-2;1-6-2-4-7-5-3-6/h7H,1-6H3;3-7H2,1-2H3;2-5H,1H3/b9-7-,12-10?;;. The summed E-state index contributed by atoms with van der Waals surface area (Å²) in [4.78, 5) is 8.23. The van der Waals surface area contributed by atoms with Crippen molar-refractivity contribution in [3.05, 3.63) is 53.2 Å². The van der Waals surface area contributed by atoms with Gasteiger partial charge in [-0.25, -0.2) is 0 Å². The molecule has 0 spiro atoms. The van der Waals surface area contributed by atoms with Gasteiger partial charge in [0, 0.05) is 31.3 Å². The minimum absolute atomic E-state index is 0.876. The van der Waals surface area contributed by atoms with Gasteiger partial charge in [0.1, 0.15) is 5.76 Å². The van der Waals surface area contributed by atoms with Gasteiger partial charge in [-0.15, -0.1) is 0 Å². The largest absolute Gasteiger partial charge is 0.495 e. The number of ether oxygens (including phenoxy) is 2. The first-order valence-electron chi connectivity index (χ1n) is 10.2. The Balaban J connectivity index is 0. The molecule has 0 aliphatic rings. The normalized spacial score (nSPS) is 10.9. The van der Waals surface area contributed by atoms with Crippen LogP contribution in [0.25, 0.3) is 0 Å². The number of methoxy groups -OCH3 is 1. The van der Waals surface area contributed by atoms with E-state index >= 15 is 0 Å². The Labute approximate surface area is 173 Å². The Morgan fingerprint density at radius 1 is 1.04 bits per heavy atom. The first kappa shape index (κ1) is 28.3. The van der Waals surface area contributed by atoms with Crippen LogP contribution < -0.4 is 0 Å². The van der Waals surface area contributed by atoms with Crippen molar-refractivity contribution in [2.24, 2.45) is 4.99 Å². The number of hydrogen-bond acceptors (Lipinski definition) is 4. The maximum absolute atomic E-state index is 5.24. The SMILES string of the molecule is C/C=C(/C)N=C(C)C(OC)=C(C)C.CCCCOCCC.Cc1ccncc1. The first-order valence-corrected chi connectivity index (χ1v) is 10.2. The fourth-order valence-electron chi connectivity index (χ4n) is 2.01. The average Bonchev–Trinajstić information content (AvgIpc) is 2.67. The average molecular weight is 391 g/mol. The van der Waals surface area contributed by atoms with Gasteiger partial charge in [0.05, 0.1) is 12.8 Å². The second kappa shape index (κ2) is 19.8. The maximum Gasteiger partial charge on any atom is 0.138 e. The Bertz CT molecular complexity index is 566. The van der Waals surface area contributed by atoms with Gasteiger partial charge in [-0.2, -0.15) is 0 Å². The minimum atomic E-state index is 0.876. The monoisotopic (exact) mass is 390 g/mol. The van der Waals surface area contributed by atoms with Crippen LogP contribution in [0.15, 0.2) is 52.6 Å². The molecule has 0 N–H and O–H groups in total. The molecule has 160 valence electrons. The third-order valence-corrected chi connectivity index (χ3v) is 3.59. The highest BCUT2D eigenvalue weighted by Crippen LogP contribution is 2.08. The van der Waals surface area contributed by atoms with Crippen molar-refractivity contribution < 1.29 is 9.47 Å². The fourth-order valence-corrected chi connectivity index (χ4v) is 2.01. The lowest BCUT2D eigenvalue weighted by Crippen LogP contribution is -2.02. The minimum Gasteiger partial charge on any atom is -0.495 e. The number of pyridine rings is 1. The summed E-state index contributed by atoms with van der Waals surface area (Å²) in [5.74, 6) is 0.876. The molecule has 1 aromatic heterocycles. The van der Waals surface area contributed by atoms with E-state index in [9.17, 15) is 0 Å². The van der Waals surface area contributed by atoms with Crippen LogP contribution in [0, 0.1) is 6.92 Å². The van der Waals surface area contributed by atoms with Crippen molar-refractivity contribution in [1.29, 1.82) is 0 Å². The van der Waals surface area contributed by atoms with Gasteiger partial charge in [-0.1, -0.05) is 26.3 Å². The second-order valence-electron chi connectivity index (χ2n) is 6.65. The van der Waals surface area contributed by atoms with Crippen molar-refractivity contribution in [3.8, 4) is 0 Å². The second-order valence-corrected chi connectivity index (χ2v) is 6.65. The number of aromatic nitrogens is 1. The Morgan fingerprint density at radius 2 is 1.64 bits per heavy atom. The third kappa shape index (κ3) is 17.5. The summed E-state index contributed by atoms with van der Waals surface area (Å²) in [6, 6.07) is 3.94. The van der Waals surface area contributed by atoms with Gasteiger partial charge >= 0.3 is 0 Å². The molecule has 0 aliphatic heterocycles. The lowest BCUT2D eigenvalue weighted by Gasteiger charge is -2.07. The molecule has 0 unspecified atom stereocenters. The molecule has 4 heteroatoms. The van der Waals surface area contributed by atoms with Crippen LogP contribution in [-0.4, -0.2) is 31.0 Å². The van der Waals surface area contributed by atoms with Gasteiger partial charge in [-0.05, 0) is 77.7 Å². The molecule has 1 rings (SSSR count). The summed E-state index contributed by atoms with van der Waals surface area (Å²) in [6.07, 6.45) is 9.14. The van der Waals surface area contributed by atoms with E-state index in [1.807, 2.05) is 59.8 Å². The van der Waals surface area contributed by atoms with Crippen LogP contribution in [0.3, 0.4) is 0 Å². The molecular formula is C24H42N2O2. The molecule has 1 heterocycles. The number of aryl methyl sites for hydroxylation is 1. The highest BCUT2D eigenvalue weighted by Gasteiger charge is 2.02. The molecule has 0 bridgehead atoms. The fraction of sp³-hybridized carbons (Fsp3) is 0.583. The van der Waals surface area contributed by atoms with E-state index in [-0.39, 0.29) is 0 Å². The summed E-state index contributed by atoms with van der Waals surface area (Å²) in [5, 5.41) is 0. The van der Waals surface area contributed by atoms with Crippen molar-refractivity contribution in [2.75, 3.05) is 20.3 Å². The van der Waals surface area contributed by atoms with E-state index in [2.05, 4.69) is 23.8 Å². The molecule has 0 aliphatic carbocycles. The highest BCUT2D eigenvalue weighted by molar-refractivity contribution is 5.97. The molecule has 0 amide bonds. The van der Waals surface area contributed by atoms with Crippen LogP contribution in [0.4, 0.5) is 0 Å². The van der Waals surface area contributed by atoms with E-state index in [1.54, 1.807) is 19.5 Å². The van der Waals surface area contributed by atoms with E-state index in [1.165, 1.54) is 18.4 Å². The van der Waals surface area contributed by atoms with Crippen LogP contribution in [0.5, 0.6) is 0 Å². The lowest BCUT2D eigenvalue weighted by atomic mass is 10.2. The van der Waals surface area contributed by atoms with E-state index < -0.39 is 0 Å². The van der Waals surface area contributed by atoms with Gasteiger partial charge in [0.2, 0.25) is 0 Å². The summed E-state index contributed by atoms with van der Waals surface area (Å²) in [5.41, 5.74) is 4.34. The number of rotatable bonds is 8. The van der Waals surface area contributed by atoms with Crippen LogP contribution in [-0.2, 0) is 9.47 Å². The Hall–Kier alpha value is -1.94. The van der Waals surface area contributed by atoms with Gasteiger partial charge in [0.25, 0.3) is 0 Å². The van der Waals surface area contributed by atoms with Crippen LogP contribution >= 0.6 is 0 Å². The number of nitrogens with zero attached hydrogens (tertiary/aromatic N) is 2. The van der Waals surface area contributed by atoms with Crippen molar-refractivity contribution in [2.45, 2.75) is 74.7 Å². The number of allylic oxidation sites excluding steroid dienone is 4. The topological polar surface area (TPSA) is 43.7 Å². The molecule has 28 heavy (non-hydrogen) atoms.